The molecule has 0 spiro atoms. The first kappa shape index (κ1) is 20.2. The third kappa shape index (κ3) is 4.89. The van der Waals surface area contributed by atoms with Crippen molar-refractivity contribution in [2.24, 2.45) is 5.92 Å². The lowest BCUT2D eigenvalue weighted by atomic mass is 9.87. The number of aliphatic hydroxyl groups is 1. The molecule has 30 heavy (non-hydrogen) atoms. The number of benzene rings is 3. The van der Waals surface area contributed by atoms with E-state index in [-0.39, 0.29) is 11.8 Å². The van der Waals surface area contributed by atoms with E-state index >= 15 is 0 Å². The Morgan fingerprint density at radius 1 is 0.900 bits per heavy atom. The second-order valence-corrected chi connectivity index (χ2v) is 7.78. The molecule has 0 saturated carbocycles. The summed E-state index contributed by atoms with van der Waals surface area (Å²) in [5, 5.41) is 10.6. The summed E-state index contributed by atoms with van der Waals surface area (Å²) in [7, 11) is 0. The molecule has 4 heteroatoms. The zero-order chi connectivity index (χ0) is 20.8. The maximum atomic E-state index is 12.9. The molecule has 4 nitrogen and oxygen atoms in total. The first-order valence-corrected chi connectivity index (χ1v) is 10.5. The number of amides is 1. The Morgan fingerprint density at radius 2 is 1.50 bits per heavy atom. The molecule has 0 aliphatic carbocycles. The van der Waals surface area contributed by atoms with E-state index in [1.54, 1.807) is 0 Å². The number of carbonyl (C=O) groups excluding carboxylic acids is 1. The lowest BCUT2D eigenvalue weighted by Gasteiger charge is -2.34. The molecule has 0 bridgehead atoms. The first-order valence-electron chi connectivity index (χ1n) is 10.5. The van der Waals surface area contributed by atoms with Crippen LogP contribution >= 0.6 is 0 Å². The van der Waals surface area contributed by atoms with Crippen LogP contribution in [0.2, 0.25) is 0 Å². The fraction of sp³-hybridized carbons (Fsp3) is 0.269. The summed E-state index contributed by atoms with van der Waals surface area (Å²) in [5.74, 6) is 0.975. The Kier molecular flexibility index (Phi) is 6.45. The van der Waals surface area contributed by atoms with E-state index in [1.807, 2.05) is 89.8 Å². The van der Waals surface area contributed by atoms with Crippen molar-refractivity contribution < 1.29 is 14.6 Å². The van der Waals surface area contributed by atoms with Crippen molar-refractivity contribution in [3.8, 4) is 5.75 Å². The summed E-state index contributed by atoms with van der Waals surface area (Å²) >= 11 is 0. The van der Waals surface area contributed by atoms with Gasteiger partial charge < -0.3 is 14.7 Å². The van der Waals surface area contributed by atoms with E-state index in [4.69, 9.17) is 4.74 Å². The van der Waals surface area contributed by atoms with Gasteiger partial charge in [0.05, 0.1) is 6.10 Å². The third-order valence-electron chi connectivity index (χ3n) is 5.76. The van der Waals surface area contributed by atoms with Gasteiger partial charge in [0.1, 0.15) is 12.4 Å². The molecule has 3 aromatic carbocycles. The summed E-state index contributed by atoms with van der Waals surface area (Å²) in [6.45, 7) is 1.84. The number of ether oxygens (including phenoxy) is 1. The van der Waals surface area contributed by atoms with Gasteiger partial charge in [-0.1, -0.05) is 60.7 Å². The summed E-state index contributed by atoms with van der Waals surface area (Å²) in [6.07, 6.45) is 1.14. The van der Waals surface area contributed by atoms with Crippen molar-refractivity contribution >= 4 is 5.91 Å². The van der Waals surface area contributed by atoms with Gasteiger partial charge in [0.15, 0.2) is 0 Å². The number of carbonyl (C=O) groups is 1. The Morgan fingerprint density at radius 3 is 2.13 bits per heavy atom. The topological polar surface area (TPSA) is 49.8 Å². The maximum absolute atomic E-state index is 12.9. The number of hydrogen-bond donors (Lipinski definition) is 1. The van der Waals surface area contributed by atoms with E-state index in [9.17, 15) is 9.90 Å². The number of aliphatic hydroxyl groups excluding tert-OH is 1. The molecular formula is C26H27NO3. The Balaban J connectivity index is 1.29. The molecule has 4 rings (SSSR count). The molecule has 1 aliphatic heterocycles. The lowest BCUT2D eigenvalue weighted by molar-refractivity contribution is 0.0462. The van der Waals surface area contributed by atoms with Gasteiger partial charge in [-0.15, -0.1) is 0 Å². The number of rotatable bonds is 6. The molecule has 1 atom stereocenters. The normalized spacial score (nSPS) is 15.6. The van der Waals surface area contributed by atoms with Gasteiger partial charge in [-0.25, -0.2) is 0 Å². The average Bonchev–Trinajstić information content (AvgIpc) is 2.83. The average molecular weight is 402 g/mol. The highest BCUT2D eigenvalue weighted by Crippen LogP contribution is 2.31. The highest BCUT2D eigenvalue weighted by atomic mass is 16.5. The molecule has 1 unspecified atom stereocenters. The summed E-state index contributed by atoms with van der Waals surface area (Å²) in [4.78, 5) is 14.7. The van der Waals surface area contributed by atoms with E-state index in [2.05, 4.69) is 0 Å². The number of nitrogens with zero attached hydrogens (tertiary/aromatic N) is 1. The van der Waals surface area contributed by atoms with Crippen LogP contribution in [-0.2, 0) is 6.61 Å². The van der Waals surface area contributed by atoms with Crippen molar-refractivity contribution in [3.63, 3.8) is 0 Å². The SMILES string of the molecule is O=C(c1ccc(OCc2ccccc2)cc1)N1CCC(C(O)c2ccccc2)CC1. The van der Waals surface area contributed by atoms with Crippen LogP contribution < -0.4 is 4.74 Å². The highest BCUT2D eigenvalue weighted by Gasteiger charge is 2.28. The standard InChI is InChI=1S/C26H27NO3/c28-25(21-9-5-2-6-10-21)22-15-17-27(18-16-22)26(29)23-11-13-24(14-12-23)30-19-20-7-3-1-4-8-20/h1-14,22,25,28H,15-19H2. The maximum Gasteiger partial charge on any atom is 0.253 e. The number of piperidine rings is 1. The molecule has 1 saturated heterocycles. The number of likely N-dealkylation sites (tertiary alicyclic amines) is 1. The molecule has 1 aliphatic rings. The molecule has 1 amide bonds. The van der Waals surface area contributed by atoms with Crippen LogP contribution in [0, 0.1) is 5.92 Å². The van der Waals surface area contributed by atoms with E-state index in [1.165, 1.54) is 0 Å². The fourth-order valence-corrected chi connectivity index (χ4v) is 3.96. The summed E-state index contributed by atoms with van der Waals surface area (Å²) in [6, 6.07) is 27.1. The Hall–Kier alpha value is -3.11. The summed E-state index contributed by atoms with van der Waals surface area (Å²) in [5.41, 5.74) is 2.73. The number of hydrogen-bond acceptors (Lipinski definition) is 3. The zero-order valence-corrected chi connectivity index (χ0v) is 17.0. The van der Waals surface area contributed by atoms with E-state index in [0.717, 1.165) is 29.7 Å². The summed E-state index contributed by atoms with van der Waals surface area (Å²) < 4.78 is 5.80. The second kappa shape index (κ2) is 9.59. The van der Waals surface area contributed by atoms with E-state index < -0.39 is 6.10 Å². The molecule has 1 heterocycles. The van der Waals surface area contributed by atoms with Crippen molar-refractivity contribution in [1.29, 1.82) is 0 Å². The predicted octanol–water partition coefficient (Wildman–Crippen LogP) is 4.85. The predicted molar refractivity (Wildman–Crippen MR) is 117 cm³/mol. The van der Waals surface area contributed by atoms with Crippen LogP contribution in [0.25, 0.3) is 0 Å². The lowest BCUT2D eigenvalue weighted by Crippen LogP contribution is -2.39. The fourth-order valence-electron chi connectivity index (χ4n) is 3.96. The molecule has 1 N–H and O–H groups in total. The van der Waals surface area contributed by atoms with Gasteiger partial charge in [0, 0.05) is 18.7 Å². The van der Waals surface area contributed by atoms with Crippen molar-refractivity contribution in [2.45, 2.75) is 25.6 Å². The minimum atomic E-state index is -0.468. The monoisotopic (exact) mass is 401 g/mol. The molecule has 0 aromatic heterocycles. The van der Waals surface area contributed by atoms with Crippen LogP contribution in [0.15, 0.2) is 84.9 Å². The molecule has 1 fully saturated rings. The van der Waals surface area contributed by atoms with Crippen LogP contribution in [0.5, 0.6) is 5.75 Å². The van der Waals surface area contributed by atoms with E-state index in [0.29, 0.717) is 25.3 Å². The van der Waals surface area contributed by atoms with Crippen LogP contribution in [0.4, 0.5) is 0 Å². The van der Waals surface area contributed by atoms with Gasteiger partial charge in [-0.3, -0.25) is 4.79 Å². The molecule has 154 valence electrons. The highest BCUT2D eigenvalue weighted by molar-refractivity contribution is 5.94. The van der Waals surface area contributed by atoms with Crippen molar-refractivity contribution in [2.75, 3.05) is 13.1 Å². The van der Waals surface area contributed by atoms with Gasteiger partial charge in [-0.2, -0.15) is 0 Å². The largest absolute Gasteiger partial charge is 0.489 e. The van der Waals surface area contributed by atoms with Gasteiger partial charge in [0.2, 0.25) is 0 Å². The minimum absolute atomic E-state index is 0.0391. The van der Waals surface area contributed by atoms with Crippen molar-refractivity contribution in [1.82, 2.24) is 4.90 Å². The molecule has 3 aromatic rings. The third-order valence-corrected chi connectivity index (χ3v) is 5.76. The minimum Gasteiger partial charge on any atom is -0.489 e. The van der Waals surface area contributed by atoms with Crippen LogP contribution in [0.1, 0.15) is 40.4 Å². The van der Waals surface area contributed by atoms with Gasteiger partial charge >= 0.3 is 0 Å². The molecule has 0 radical (unpaired) electrons. The quantitative estimate of drug-likeness (QED) is 0.642. The smallest absolute Gasteiger partial charge is 0.253 e. The zero-order valence-electron chi connectivity index (χ0n) is 17.0. The first-order chi connectivity index (χ1) is 14.7. The van der Waals surface area contributed by atoms with Gasteiger partial charge in [0.25, 0.3) is 5.91 Å². The molecular weight excluding hydrogens is 374 g/mol. The Bertz CT molecular complexity index is 933. The van der Waals surface area contributed by atoms with Gasteiger partial charge in [-0.05, 0) is 54.2 Å². The van der Waals surface area contributed by atoms with Crippen LogP contribution in [-0.4, -0.2) is 29.0 Å². The Labute approximate surface area is 177 Å². The second-order valence-electron chi connectivity index (χ2n) is 7.78. The van der Waals surface area contributed by atoms with Crippen molar-refractivity contribution in [3.05, 3.63) is 102 Å². The van der Waals surface area contributed by atoms with Crippen LogP contribution in [0.3, 0.4) is 0 Å².